The molecule has 1 saturated heterocycles. The number of nitrogens with zero attached hydrogens (tertiary/aromatic N) is 3. The van der Waals surface area contributed by atoms with Gasteiger partial charge in [0, 0.05) is 11.3 Å². The van der Waals surface area contributed by atoms with Crippen LogP contribution in [0, 0.1) is 12.8 Å². The fourth-order valence-electron chi connectivity index (χ4n) is 5.37. The van der Waals surface area contributed by atoms with Crippen LogP contribution in [-0.4, -0.2) is 53.4 Å². The molecule has 48 heavy (non-hydrogen) atoms. The van der Waals surface area contributed by atoms with E-state index in [-0.39, 0.29) is 16.5 Å². The van der Waals surface area contributed by atoms with Gasteiger partial charge in [-0.2, -0.15) is 0 Å². The third kappa shape index (κ3) is 7.14. The highest BCUT2D eigenvalue weighted by atomic mass is 32.2. The van der Waals surface area contributed by atoms with E-state index < -0.39 is 17.7 Å². The Balaban J connectivity index is 1.40. The minimum Gasteiger partial charge on any atom is -0.507 e. The van der Waals surface area contributed by atoms with Gasteiger partial charge in [-0.25, -0.2) is 0 Å². The van der Waals surface area contributed by atoms with E-state index in [1.165, 1.54) is 33.6 Å². The number of fused-ring (bicyclic) bond motifs is 1. The van der Waals surface area contributed by atoms with Crippen LogP contribution in [0.1, 0.15) is 55.5 Å². The summed E-state index contributed by atoms with van der Waals surface area (Å²) in [5.74, 6) is 1.12. The molecule has 0 radical (unpaired) electrons. The second kappa shape index (κ2) is 14.7. The first-order chi connectivity index (χ1) is 23.2. The molecule has 0 saturated carbocycles. The number of Topliss-reactive ketones (excluding diaryl/α,β-unsaturated/α-hetero) is 1. The molecule has 12 heteroatoms. The standard InChI is InChI=1S/C36H37N3O7S2/c1-5-43-28-18-24(10-12-26(28)44-15-14-21(2)3)31-30(32(40)25-11-13-27-29(19-25)46-17-16-45-27)33(41)34(42)39(31)35-37-38-36(48-35)47-20-23-8-6-22(4)7-9-23/h6-13,18-19,21,31,40H,5,14-17,20H2,1-4H3. The summed E-state index contributed by atoms with van der Waals surface area (Å²) in [7, 11) is 0. The highest BCUT2D eigenvalue weighted by Gasteiger charge is 2.48. The van der Waals surface area contributed by atoms with E-state index >= 15 is 0 Å². The van der Waals surface area contributed by atoms with Gasteiger partial charge in [0.2, 0.25) is 5.13 Å². The fourth-order valence-corrected chi connectivity index (χ4v) is 7.19. The summed E-state index contributed by atoms with van der Waals surface area (Å²) < 4.78 is 24.0. The van der Waals surface area contributed by atoms with Gasteiger partial charge in [0.1, 0.15) is 19.0 Å². The van der Waals surface area contributed by atoms with Gasteiger partial charge < -0.3 is 24.1 Å². The second-order valence-electron chi connectivity index (χ2n) is 11.8. The van der Waals surface area contributed by atoms with E-state index in [1.807, 2.05) is 13.8 Å². The molecule has 3 aromatic carbocycles. The zero-order chi connectivity index (χ0) is 33.8. The molecular formula is C36H37N3O7S2. The van der Waals surface area contributed by atoms with Gasteiger partial charge in [-0.1, -0.05) is 72.8 Å². The number of aliphatic hydroxyl groups is 1. The Hall–Kier alpha value is -4.55. The number of benzene rings is 3. The zero-order valence-electron chi connectivity index (χ0n) is 27.2. The van der Waals surface area contributed by atoms with Gasteiger partial charge in [-0.05, 0) is 67.6 Å². The lowest BCUT2D eigenvalue weighted by Gasteiger charge is -2.24. The minimum absolute atomic E-state index is 0.0864. The molecule has 1 N–H and O–H groups in total. The lowest BCUT2D eigenvalue weighted by atomic mass is 9.95. The van der Waals surface area contributed by atoms with Gasteiger partial charge >= 0.3 is 5.91 Å². The van der Waals surface area contributed by atoms with Crippen LogP contribution in [0.5, 0.6) is 23.0 Å². The summed E-state index contributed by atoms with van der Waals surface area (Å²) in [6, 6.07) is 17.4. The van der Waals surface area contributed by atoms with Crippen LogP contribution >= 0.6 is 23.1 Å². The molecule has 1 amide bonds. The minimum atomic E-state index is -1.02. The van der Waals surface area contributed by atoms with E-state index in [9.17, 15) is 14.7 Å². The first kappa shape index (κ1) is 33.4. The molecule has 250 valence electrons. The first-order valence-electron chi connectivity index (χ1n) is 15.9. The molecule has 0 spiro atoms. The smallest absolute Gasteiger partial charge is 0.301 e. The highest BCUT2D eigenvalue weighted by molar-refractivity contribution is 8.00. The number of hydrogen-bond acceptors (Lipinski definition) is 11. The Labute approximate surface area is 287 Å². The van der Waals surface area contributed by atoms with Crippen molar-refractivity contribution in [3.05, 3.63) is 88.5 Å². The van der Waals surface area contributed by atoms with Gasteiger partial charge in [0.25, 0.3) is 5.78 Å². The Morgan fingerprint density at radius 3 is 2.52 bits per heavy atom. The normalized spacial score (nSPS) is 16.9. The van der Waals surface area contributed by atoms with Crippen molar-refractivity contribution in [3.63, 3.8) is 0 Å². The number of hydrogen-bond donors (Lipinski definition) is 1. The number of carbonyl (C=O) groups is 2. The van der Waals surface area contributed by atoms with Crippen molar-refractivity contribution in [1.82, 2.24) is 10.2 Å². The lowest BCUT2D eigenvalue weighted by Crippen LogP contribution is -2.29. The molecule has 1 unspecified atom stereocenters. The average Bonchev–Trinajstić information content (AvgIpc) is 3.66. The lowest BCUT2D eigenvalue weighted by molar-refractivity contribution is -0.132. The summed E-state index contributed by atoms with van der Waals surface area (Å²) in [6.07, 6.45) is 0.865. The topological polar surface area (TPSA) is 120 Å². The molecular weight excluding hydrogens is 651 g/mol. The monoisotopic (exact) mass is 687 g/mol. The third-order valence-electron chi connectivity index (χ3n) is 7.88. The highest BCUT2D eigenvalue weighted by Crippen LogP contribution is 2.46. The van der Waals surface area contributed by atoms with Crippen LogP contribution in [0.25, 0.3) is 5.76 Å². The van der Waals surface area contributed by atoms with E-state index in [2.05, 4.69) is 48.3 Å². The average molecular weight is 688 g/mol. The van der Waals surface area contributed by atoms with Crippen LogP contribution < -0.4 is 23.8 Å². The summed E-state index contributed by atoms with van der Waals surface area (Å²) in [5, 5.41) is 20.7. The number of amides is 1. The van der Waals surface area contributed by atoms with Crippen LogP contribution in [0.15, 0.2) is 70.6 Å². The predicted octanol–water partition coefficient (Wildman–Crippen LogP) is 7.36. The number of aliphatic hydroxyl groups excluding tert-OH is 1. The summed E-state index contributed by atoms with van der Waals surface area (Å²) in [5.41, 5.74) is 3.07. The maximum atomic E-state index is 13.8. The molecule has 1 atom stereocenters. The summed E-state index contributed by atoms with van der Waals surface area (Å²) >= 11 is 2.71. The number of ketones is 1. The van der Waals surface area contributed by atoms with Gasteiger partial charge in [-0.15, -0.1) is 10.2 Å². The van der Waals surface area contributed by atoms with Crippen LogP contribution in [0.2, 0.25) is 0 Å². The number of rotatable bonds is 12. The summed E-state index contributed by atoms with van der Waals surface area (Å²) in [6.45, 7) is 9.81. The predicted molar refractivity (Wildman–Crippen MR) is 185 cm³/mol. The third-order valence-corrected chi connectivity index (χ3v) is 10.0. The number of thioether (sulfide) groups is 1. The van der Waals surface area contributed by atoms with Crippen LogP contribution in [-0.2, 0) is 15.3 Å². The molecule has 0 bridgehead atoms. The Bertz CT molecular complexity index is 1840. The van der Waals surface area contributed by atoms with Crippen molar-refractivity contribution < 1.29 is 33.6 Å². The second-order valence-corrected chi connectivity index (χ2v) is 14.0. The van der Waals surface area contributed by atoms with Crippen molar-refractivity contribution >= 4 is 45.7 Å². The Morgan fingerprint density at radius 2 is 1.77 bits per heavy atom. The fraction of sp³-hybridized carbons (Fsp3) is 0.333. The molecule has 3 heterocycles. The van der Waals surface area contributed by atoms with Crippen molar-refractivity contribution in [2.24, 2.45) is 5.92 Å². The number of ether oxygens (including phenoxy) is 4. The Kier molecular flexibility index (Phi) is 10.2. The molecule has 6 rings (SSSR count). The first-order valence-corrected chi connectivity index (χ1v) is 17.7. The zero-order valence-corrected chi connectivity index (χ0v) is 28.9. The van der Waals surface area contributed by atoms with E-state index in [0.29, 0.717) is 76.6 Å². The Morgan fingerprint density at radius 1 is 1.00 bits per heavy atom. The van der Waals surface area contributed by atoms with Gasteiger partial charge in [0.05, 0.1) is 24.8 Å². The van der Waals surface area contributed by atoms with Crippen molar-refractivity contribution in [3.8, 4) is 23.0 Å². The van der Waals surface area contributed by atoms with E-state index in [4.69, 9.17) is 18.9 Å². The number of aryl methyl sites for hydroxylation is 1. The molecule has 10 nitrogen and oxygen atoms in total. The van der Waals surface area contributed by atoms with Crippen molar-refractivity contribution in [2.45, 2.75) is 50.3 Å². The number of aromatic nitrogens is 2. The number of anilines is 1. The van der Waals surface area contributed by atoms with Crippen LogP contribution in [0.4, 0.5) is 5.13 Å². The van der Waals surface area contributed by atoms with Crippen LogP contribution in [0.3, 0.4) is 0 Å². The molecule has 2 aliphatic rings. The number of carbonyl (C=O) groups excluding carboxylic acids is 2. The van der Waals surface area contributed by atoms with E-state index in [0.717, 1.165) is 12.0 Å². The SMILES string of the molecule is CCOc1cc(C2C(=C(O)c3ccc4c(c3)OCCO4)C(=O)C(=O)N2c2nnc(SCc3ccc(C)cc3)s2)ccc1OCCC(C)C. The summed E-state index contributed by atoms with van der Waals surface area (Å²) in [4.78, 5) is 29.0. The molecule has 2 aliphatic heterocycles. The molecule has 4 aromatic rings. The molecule has 1 fully saturated rings. The quantitative estimate of drug-likeness (QED) is 0.0532. The van der Waals surface area contributed by atoms with E-state index in [1.54, 1.807) is 36.4 Å². The van der Waals surface area contributed by atoms with Crippen molar-refractivity contribution in [2.75, 3.05) is 31.3 Å². The maximum absolute atomic E-state index is 13.8. The molecule has 1 aromatic heterocycles. The van der Waals surface area contributed by atoms with Gasteiger partial charge in [-0.3, -0.25) is 14.5 Å². The van der Waals surface area contributed by atoms with Crippen molar-refractivity contribution in [1.29, 1.82) is 0 Å². The maximum Gasteiger partial charge on any atom is 0.301 e. The largest absolute Gasteiger partial charge is 0.507 e. The van der Waals surface area contributed by atoms with Gasteiger partial charge in [0.15, 0.2) is 27.3 Å². The molecule has 0 aliphatic carbocycles.